The quantitative estimate of drug-likeness (QED) is 0.161. The van der Waals surface area contributed by atoms with Gasteiger partial charge in [0.2, 0.25) is 5.95 Å². The fourth-order valence-corrected chi connectivity index (χ4v) is 8.76. The standard InChI is InChI=1S/C57H36N4O/c1-3-12-37(13-4-1)39-22-26-41(27-23-39)55-58-56(42-28-24-40(25-29-42)38-14-5-2-6-15-38)60-57(59-55)61-51-20-9-7-18-47(51)49-35-45(30-32-52(49)61)43-16-11-17-44(34-43)46-31-33-54-50(36-46)48-19-8-10-21-53(48)62-54/h1-36H. The molecule has 5 heteroatoms. The van der Waals surface area contributed by atoms with Crippen molar-refractivity contribution in [3.63, 3.8) is 0 Å². The Hall–Kier alpha value is -8.41. The van der Waals surface area contributed by atoms with Gasteiger partial charge in [0, 0.05) is 32.7 Å². The van der Waals surface area contributed by atoms with Crippen LogP contribution in [0.1, 0.15) is 0 Å². The highest BCUT2D eigenvalue weighted by molar-refractivity contribution is 6.10. The van der Waals surface area contributed by atoms with Gasteiger partial charge in [-0.25, -0.2) is 4.98 Å². The molecule has 5 nitrogen and oxygen atoms in total. The maximum Gasteiger partial charge on any atom is 0.238 e. The van der Waals surface area contributed by atoms with Crippen molar-refractivity contribution in [2.75, 3.05) is 0 Å². The Morgan fingerprint density at radius 3 is 1.35 bits per heavy atom. The summed E-state index contributed by atoms with van der Waals surface area (Å²) >= 11 is 0. The monoisotopic (exact) mass is 792 g/mol. The number of nitrogens with zero attached hydrogens (tertiary/aromatic N) is 4. The largest absolute Gasteiger partial charge is 0.456 e. The Bertz CT molecular complexity index is 3510. The number of rotatable bonds is 7. The van der Waals surface area contributed by atoms with Crippen LogP contribution < -0.4 is 0 Å². The Labute approximate surface area is 357 Å². The maximum absolute atomic E-state index is 6.13. The van der Waals surface area contributed by atoms with Gasteiger partial charge in [-0.3, -0.25) is 4.57 Å². The van der Waals surface area contributed by atoms with Crippen molar-refractivity contribution in [3.8, 4) is 73.2 Å². The molecule has 290 valence electrons. The highest BCUT2D eigenvalue weighted by Gasteiger charge is 2.19. The van der Waals surface area contributed by atoms with Crippen molar-refractivity contribution in [3.05, 3.63) is 218 Å². The predicted octanol–water partition coefficient (Wildman–Crippen LogP) is 14.9. The molecule has 0 bridgehead atoms. The second-order valence-corrected chi connectivity index (χ2v) is 15.6. The molecule has 0 radical (unpaired) electrons. The molecule has 0 spiro atoms. The van der Waals surface area contributed by atoms with Gasteiger partial charge in [-0.2, -0.15) is 9.97 Å². The van der Waals surface area contributed by atoms with E-state index < -0.39 is 0 Å². The molecule has 3 aromatic heterocycles. The average molecular weight is 793 g/mol. The number of para-hydroxylation sites is 2. The first-order chi connectivity index (χ1) is 30.7. The van der Waals surface area contributed by atoms with Gasteiger partial charge in [0.05, 0.1) is 11.0 Å². The van der Waals surface area contributed by atoms with Gasteiger partial charge in [-0.05, 0) is 87.0 Å². The van der Waals surface area contributed by atoms with Crippen molar-refractivity contribution >= 4 is 43.7 Å². The highest BCUT2D eigenvalue weighted by Crippen LogP contribution is 2.38. The van der Waals surface area contributed by atoms with E-state index in [1.807, 2.05) is 24.3 Å². The molecule has 3 heterocycles. The smallest absolute Gasteiger partial charge is 0.238 e. The van der Waals surface area contributed by atoms with E-state index in [0.29, 0.717) is 17.6 Å². The summed E-state index contributed by atoms with van der Waals surface area (Å²) in [6.07, 6.45) is 0. The van der Waals surface area contributed by atoms with Crippen molar-refractivity contribution in [2.24, 2.45) is 0 Å². The SMILES string of the molecule is c1ccc(-c2ccc(-c3nc(-c4ccc(-c5ccccc5)cc4)nc(-n4c5ccccc5c5cc(-c6cccc(-c7ccc8oc9ccccc9c8c7)c6)ccc54)n3)cc2)cc1. The molecule has 0 amide bonds. The van der Waals surface area contributed by atoms with E-state index in [9.17, 15) is 0 Å². The van der Waals surface area contributed by atoms with E-state index in [0.717, 1.165) is 99.4 Å². The summed E-state index contributed by atoms with van der Waals surface area (Å²) in [5.41, 5.74) is 14.8. The van der Waals surface area contributed by atoms with Crippen molar-refractivity contribution in [1.82, 2.24) is 19.5 Å². The van der Waals surface area contributed by atoms with Crippen molar-refractivity contribution < 1.29 is 4.42 Å². The summed E-state index contributed by atoms with van der Waals surface area (Å²) in [7, 11) is 0. The lowest BCUT2D eigenvalue weighted by Gasteiger charge is -2.12. The van der Waals surface area contributed by atoms with Crippen LogP contribution >= 0.6 is 0 Å². The van der Waals surface area contributed by atoms with Crippen molar-refractivity contribution in [2.45, 2.75) is 0 Å². The van der Waals surface area contributed by atoms with Crippen LogP contribution in [0.2, 0.25) is 0 Å². The molecule has 0 atom stereocenters. The number of aromatic nitrogens is 4. The number of benzene rings is 9. The first-order valence-corrected chi connectivity index (χ1v) is 20.8. The molecule has 0 N–H and O–H groups in total. The zero-order chi connectivity index (χ0) is 41.0. The van der Waals surface area contributed by atoms with E-state index in [-0.39, 0.29) is 0 Å². The molecule has 62 heavy (non-hydrogen) atoms. The third-order valence-corrected chi connectivity index (χ3v) is 11.9. The summed E-state index contributed by atoms with van der Waals surface area (Å²) in [6, 6.07) is 76.5. The molecular formula is C57H36N4O. The van der Waals surface area contributed by atoms with Crippen LogP contribution in [0.15, 0.2) is 223 Å². The minimum Gasteiger partial charge on any atom is -0.456 e. The van der Waals surface area contributed by atoms with Gasteiger partial charge in [0.15, 0.2) is 11.6 Å². The minimum absolute atomic E-state index is 0.562. The molecule has 12 rings (SSSR count). The third-order valence-electron chi connectivity index (χ3n) is 11.9. The van der Waals surface area contributed by atoms with Crippen LogP contribution in [-0.4, -0.2) is 19.5 Å². The second kappa shape index (κ2) is 14.7. The number of hydrogen-bond acceptors (Lipinski definition) is 4. The Kier molecular flexibility index (Phi) is 8.42. The molecule has 0 saturated heterocycles. The van der Waals surface area contributed by atoms with Gasteiger partial charge < -0.3 is 4.42 Å². The molecule has 12 aromatic rings. The number of furan rings is 1. The summed E-state index contributed by atoms with van der Waals surface area (Å²) < 4.78 is 8.31. The fourth-order valence-electron chi connectivity index (χ4n) is 8.76. The molecule has 0 aliphatic carbocycles. The van der Waals surface area contributed by atoms with Gasteiger partial charge in [-0.15, -0.1) is 0 Å². The first-order valence-electron chi connectivity index (χ1n) is 20.8. The molecule has 0 saturated carbocycles. The van der Waals surface area contributed by atoms with Crippen LogP contribution in [0, 0.1) is 0 Å². The maximum atomic E-state index is 6.13. The fraction of sp³-hybridized carbons (Fsp3) is 0. The van der Waals surface area contributed by atoms with E-state index in [4.69, 9.17) is 19.4 Å². The molecular weight excluding hydrogens is 757 g/mol. The van der Waals surface area contributed by atoms with Crippen molar-refractivity contribution in [1.29, 1.82) is 0 Å². The summed E-state index contributed by atoms with van der Waals surface area (Å²) in [5, 5.41) is 4.50. The predicted molar refractivity (Wildman–Crippen MR) is 254 cm³/mol. The highest BCUT2D eigenvalue weighted by atomic mass is 16.3. The van der Waals surface area contributed by atoms with Crippen LogP contribution in [-0.2, 0) is 0 Å². The van der Waals surface area contributed by atoms with E-state index in [2.05, 4.69) is 199 Å². The molecule has 0 aliphatic heterocycles. The first kappa shape index (κ1) is 35.5. The van der Waals surface area contributed by atoms with Crippen LogP contribution in [0.4, 0.5) is 0 Å². The van der Waals surface area contributed by atoms with Crippen LogP contribution in [0.25, 0.3) is 117 Å². The zero-order valence-corrected chi connectivity index (χ0v) is 33.5. The normalized spacial score (nSPS) is 11.5. The average Bonchev–Trinajstić information content (AvgIpc) is 3.90. The number of fused-ring (bicyclic) bond motifs is 6. The van der Waals surface area contributed by atoms with Gasteiger partial charge in [0.25, 0.3) is 0 Å². The lowest BCUT2D eigenvalue weighted by molar-refractivity contribution is 0.669. The third kappa shape index (κ3) is 6.23. The topological polar surface area (TPSA) is 56.7 Å². The lowest BCUT2D eigenvalue weighted by atomic mass is 9.97. The second-order valence-electron chi connectivity index (χ2n) is 15.6. The lowest BCUT2D eigenvalue weighted by Crippen LogP contribution is -2.06. The molecule has 0 unspecified atom stereocenters. The zero-order valence-electron chi connectivity index (χ0n) is 33.5. The van der Waals surface area contributed by atoms with Crippen LogP contribution in [0.3, 0.4) is 0 Å². The van der Waals surface area contributed by atoms with Gasteiger partial charge >= 0.3 is 0 Å². The Balaban J connectivity index is 0.980. The van der Waals surface area contributed by atoms with E-state index in [1.54, 1.807) is 0 Å². The minimum atomic E-state index is 0.562. The molecule has 0 aliphatic rings. The number of hydrogen-bond donors (Lipinski definition) is 0. The Morgan fingerprint density at radius 2 is 0.710 bits per heavy atom. The summed E-state index contributed by atoms with van der Waals surface area (Å²) in [6.45, 7) is 0. The summed E-state index contributed by atoms with van der Waals surface area (Å²) in [5.74, 6) is 1.78. The molecule has 0 fully saturated rings. The van der Waals surface area contributed by atoms with Crippen LogP contribution in [0.5, 0.6) is 0 Å². The molecule has 9 aromatic carbocycles. The van der Waals surface area contributed by atoms with E-state index >= 15 is 0 Å². The summed E-state index contributed by atoms with van der Waals surface area (Å²) in [4.78, 5) is 15.6. The van der Waals surface area contributed by atoms with Gasteiger partial charge in [0.1, 0.15) is 11.2 Å². The Morgan fingerprint density at radius 1 is 0.274 bits per heavy atom. The van der Waals surface area contributed by atoms with E-state index in [1.165, 1.54) is 0 Å². The van der Waals surface area contributed by atoms with Gasteiger partial charge in [-0.1, -0.05) is 176 Å².